The van der Waals surface area contributed by atoms with Gasteiger partial charge in [0.1, 0.15) is 17.3 Å². The van der Waals surface area contributed by atoms with Gasteiger partial charge in [0.25, 0.3) is 0 Å². The van der Waals surface area contributed by atoms with Crippen molar-refractivity contribution in [3.63, 3.8) is 0 Å². The summed E-state index contributed by atoms with van der Waals surface area (Å²) in [5.74, 6) is -0.348. The van der Waals surface area contributed by atoms with Crippen LogP contribution in [0, 0.1) is 5.92 Å². The van der Waals surface area contributed by atoms with Crippen LogP contribution in [0.3, 0.4) is 0 Å². The molecule has 1 saturated heterocycles. The Bertz CT molecular complexity index is 1590. The maximum Gasteiger partial charge on any atom is 0.346 e. The number of benzene rings is 1. The summed E-state index contributed by atoms with van der Waals surface area (Å²) in [6, 6.07) is 11.5. The van der Waals surface area contributed by atoms with E-state index in [0.29, 0.717) is 34.8 Å². The minimum Gasteiger partial charge on any atom is -0.477 e. The van der Waals surface area contributed by atoms with Crippen LogP contribution < -0.4 is 10.6 Å². The second kappa shape index (κ2) is 12.4. The topological polar surface area (TPSA) is 140 Å². The van der Waals surface area contributed by atoms with Crippen LogP contribution in [0.1, 0.15) is 53.0 Å². The van der Waals surface area contributed by atoms with Crippen molar-refractivity contribution in [2.45, 2.75) is 57.1 Å². The monoisotopic (exact) mass is 588 g/mol. The summed E-state index contributed by atoms with van der Waals surface area (Å²) >= 11 is 1.26. The van der Waals surface area contributed by atoms with Gasteiger partial charge in [-0.2, -0.15) is 0 Å². The molecule has 1 saturated carbocycles. The molecule has 12 heteroatoms. The summed E-state index contributed by atoms with van der Waals surface area (Å²) in [4.78, 5) is 37.4. The van der Waals surface area contributed by atoms with Crippen LogP contribution in [0.25, 0.3) is 17.2 Å². The van der Waals surface area contributed by atoms with Crippen molar-refractivity contribution in [3.8, 4) is 0 Å². The van der Waals surface area contributed by atoms with Crippen LogP contribution in [-0.2, 0) is 15.9 Å². The number of aryl methyl sites for hydroxylation is 1. The Morgan fingerprint density at radius 1 is 1.14 bits per heavy atom. The highest BCUT2D eigenvalue weighted by Gasteiger charge is 2.51. The molecule has 3 N–H and O–H groups in total. The number of fused-ring (bicyclic) bond motifs is 2. The molecule has 218 valence electrons. The Morgan fingerprint density at radius 2 is 1.98 bits per heavy atom. The van der Waals surface area contributed by atoms with Gasteiger partial charge in [-0.25, -0.2) is 24.5 Å². The van der Waals surface area contributed by atoms with Crippen molar-refractivity contribution < 1.29 is 24.2 Å². The zero-order valence-corrected chi connectivity index (χ0v) is 23.9. The molecular weight excluding hydrogens is 556 g/mol. The molecule has 42 heavy (non-hydrogen) atoms. The molecule has 1 aliphatic heterocycles. The van der Waals surface area contributed by atoms with Gasteiger partial charge in [-0.05, 0) is 67.2 Å². The number of carbonyl (C=O) groups is 2. The predicted molar refractivity (Wildman–Crippen MR) is 158 cm³/mol. The fraction of sp³-hybridized carbons (Fsp3) is 0.367. The molecule has 2 fully saturated rings. The van der Waals surface area contributed by atoms with Gasteiger partial charge in [-0.1, -0.05) is 36.4 Å². The Hall–Kier alpha value is -4.13. The summed E-state index contributed by atoms with van der Waals surface area (Å²) in [5.41, 5.74) is 3.04. The SMILES string of the molecule is CCNC(=O)Nc1ncnc2c1ncn2C1CC(CCCc2ccsc2C(=O)O)C2O[C@H](/C=C/c3ccccc3)OC21. The van der Waals surface area contributed by atoms with Crippen LogP contribution in [0.2, 0.25) is 0 Å². The van der Waals surface area contributed by atoms with Gasteiger partial charge < -0.3 is 24.5 Å². The smallest absolute Gasteiger partial charge is 0.346 e. The first kappa shape index (κ1) is 28.0. The quantitative estimate of drug-likeness (QED) is 0.232. The summed E-state index contributed by atoms with van der Waals surface area (Å²) in [6.45, 7) is 2.33. The molecule has 1 aromatic carbocycles. The predicted octanol–water partition coefficient (Wildman–Crippen LogP) is 5.13. The number of nitrogens with zero attached hydrogens (tertiary/aromatic N) is 4. The van der Waals surface area contributed by atoms with Crippen LogP contribution in [0.15, 0.2) is 60.5 Å². The molecule has 6 rings (SSSR count). The lowest BCUT2D eigenvalue weighted by Crippen LogP contribution is -2.28. The highest BCUT2D eigenvalue weighted by Crippen LogP contribution is 2.47. The summed E-state index contributed by atoms with van der Waals surface area (Å²) in [5, 5.41) is 16.8. The standard InChI is InChI=1S/C30H32N6O5S/c1-2-31-30(39)35-27-23-28(33-16-32-27)36(17-34-23)21-15-20(10-6-9-19-13-14-42-26(19)29(37)38)24-25(21)41-22(40-24)12-11-18-7-4-3-5-8-18/h3-5,7-8,11-14,16-17,20-22,24-25H,2,6,9-10,15H2,1H3,(H,37,38)(H2,31,32,33,35,39)/b12-11+/t20?,21?,22-,24?,25?/m0/s1. The van der Waals surface area contributed by atoms with E-state index in [1.165, 1.54) is 17.7 Å². The lowest BCUT2D eigenvalue weighted by Gasteiger charge is -2.19. The Labute approximate surface area is 246 Å². The maximum absolute atomic E-state index is 12.2. The lowest BCUT2D eigenvalue weighted by molar-refractivity contribution is -0.0507. The van der Waals surface area contributed by atoms with Gasteiger partial charge in [0, 0.05) is 6.54 Å². The largest absolute Gasteiger partial charge is 0.477 e. The van der Waals surface area contributed by atoms with Crippen molar-refractivity contribution in [1.29, 1.82) is 0 Å². The van der Waals surface area contributed by atoms with Gasteiger partial charge in [-0.3, -0.25) is 5.32 Å². The summed E-state index contributed by atoms with van der Waals surface area (Å²) in [7, 11) is 0. The molecule has 4 heterocycles. The third kappa shape index (κ3) is 5.78. The molecule has 0 spiro atoms. The van der Waals surface area contributed by atoms with Crippen LogP contribution in [-0.4, -0.2) is 61.7 Å². The minimum absolute atomic E-state index is 0.0944. The van der Waals surface area contributed by atoms with E-state index in [2.05, 4.69) is 25.6 Å². The number of aromatic carboxylic acids is 1. The molecule has 11 nitrogen and oxygen atoms in total. The van der Waals surface area contributed by atoms with E-state index >= 15 is 0 Å². The Morgan fingerprint density at radius 3 is 2.79 bits per heavy atom. The zero-order valence-electron chi connectivity index (χ0n) is 23.1. The molecule has 3 aromatic heterocycles. The first-order valence-corrected chi connectivity index (χ1v) is 15.0. The van der Waals surface area contributed by atoms with E-state index in [-0.39, 0.29) is 30.2 Å². The van der Waals surface area contributed by atoms with Gasteiger partial charge in [0.15, 0.2) is 23.3 Å². The first-order valence-electron chi connectivity index (χ1n) is 14.1. The number of urea groups is 1. The number of hydrogen-bond acceptors (Lipinski definition) is 8. The van der Waals surface area contributed by atoms with Gasteiger partial charge in [0.05, 0.1) is 18.5 Å². The zero-order chi connectivity index (χ0) is 29.1. The van der Waals surface area contributed by atoms with Gasteiger partial charge in [-0.15, -0.1) is 11.3 Å². The van der Waals surface area contributed by atoms with E-state index in [4.69, 9.17) is 9.47 Å². The number of nitrogens with one attached hydrogen (secondary N) is 2. The van der Waals surface area contributed by atoms with E-state index in [1.807, 2.05) is 65.4 Å². The summed E-state index contributed by atoms with van der Waals surface area (Å²) < 4.78 is 15.0. The van der Waals surface area contributed by atoms with Gasteiger partial charge in [0.2, 0.25) is 0 Å². The Kier molecular flexibility index (Phi) is 8.27. The van der Waals surface area contributed by atoms with Crippen molar-refractivity contribution in [3.05, 3.63) is 76.5 Å². The number of carboxylic acids is 1. The van der Waals surface area contributed by atoms with E-state index in [1.54, 1.807) is 6.33 Å². The van der Waals surface area contributed by atoms with Crippen LogP contribution >= 0.6 is 11.3 Å². The number of aromatic nitrogens is 4. The number of carbonyl (C=O) groups excluding carboxylic acids is 1. The number of amides is 2. The average Bonchev–Trinajstić information content (AvgIpc) is 3.77. The molecule has 5 atom stereocenters. The van der Waals surface area contributed by atoms with Gasteiger partial charge >= 0.3 is 12.0 Å². The van der Waals surface area contributed by atoms with Crippen molar-refractivity contribution in [2.24, 2.45) is 5.92 Å². The van der Waals surface area contributed by atoms with E-state index < -0.39 is 12.3 Å². The third-order valence-corrected chi connectivity index (χ3v) is 8.73. The third-order valence-electron chi connectivity index (χ3n) is 7.79. The highest BCUT2D eigenvalue weighted by atomic mass is 32.1. The van der Waals surface area contributed by atoms with E-state index in [9.17, 15) is 14.7 Å². The number of imidazole rings is 1. The highest BCUT2D eigenvalue weighted by molar-refractivity contribution is 7.12. The second-order valence-corrected chi connectivity index (χ2v) is 11.3. The molecule has 0 radical (unpaired) electrons. The fourth-order valence-corrected chi connectivity index (χ4v) is 6.73. The molecule has 0 bridgehead atoms. The second-order valence-electron chi connectivity index (χ2n) is 10.4. The number of ether oxygens (including phenoxy) is 2. The lowest BCUT2D eigenvalue weighted by atomic mass is 9.96. The molecule has 4 unspecified atom stereocenters. The van der Waals surface area contributed by atoms with Crippen molar-refractivity contribution in [2.75, 3.05) is 11.9 Å². The number of anilines is 1. The molecule has 2 aliphatic rings. The fourth-order valence-electron chi connectivity index (χ4n) is 5.94. The van der Waals surface area contributed by atoms with Crippen molar-refractivity contribution in [1.82, 2.24) is 24.8 Å². The molecule has 4 aromatic rings. The maximum atomic E-state index is 12.2. The summed E-state index contributed by atoms with van der Waals surface area (Å²) in [6.07, 6.45) is 9.38. The normalized spacial score (nSPS) is 23.4. The van der Waals surface area contributed by atoms with E-state index in [0.717, 1.165) is 30.4 Å². The number of carboxylic acid groups (broad SMARTS) is 1. The van der Waals surface area contributed by atoms with Crippen molar-refractivity contribution >= 4 is 46.4 Å². The molecule has 1 aliphatic carbocycles. The average molecular weight is 589 g/mol. The first-order chi connectivity index (χ1) is 20.5. The molecule has 2 amide bonds. The molecular formula is C30H32N6O5S. The van der Waals surface area contributed by atoms with Crippen LogP contribution in [0.4, 0.5) is 10.6 Å². The Balaban J connectivity index is 1.23. The minimum atomic E-state index is -0.878. The number of thiophene rings is 1. The van der Waals surface area contributed by atoms with Crippen LogP contribution in [0.5, 0.6) is 0 Å². The number of rotatable bonds is 10. The number of hydrogen-bond donors (Lipinski definition) is 3.